The van der Waals surface area contributed by atoms with E-state index in [1.165, 1.54) is 22.3 Å². The molecule has 150 valence electrons. The molecule has 0 heterocycles. The maximum atomic E-state index is 9.29. The van der Waals surface area contributed by atoms with E-state index >= 15 is 0 Å². The first kappa shape index (κ1) is 20.8. The molecule has 3 rings (SSSR count). The Morgan fingerprint density at radius 3 is 2.34 bits per heavy atom. The highest BCUT2D eigenvalue weighted by Crippen LogP contribution is 2.23. The van der Waals surface area contributed by atoms with Gasteiger partial charge >= 0.3 is 0 Å². The highest BCUT2D eigenvalue weighted by molar-refractivity contribution is 5.69. The molecule has 0 radical (unpaired) electrons. The van der Waals surface area contributed by atoms with Crippen LogP contribution in [0.15, 0.2) is 84.9 Å². The van der Waals surface area contributed by atoms with Crippen molar-refractivity contribution < 1.29 is 5.21 Å². The monoisotopic (exact) mass is 386 g/mol. The van der Waals surface area contributed by atoms with Crippen LogP contribution in [0.2, 0.25) is 0 Å². The van der Waals surface area contributed by atoms with Crippen molar-refractivity contribution in [2.75, 3.05) is 6.54 Å². The normalized spacial score (nSPS) is 11.4. The number of hydrogen-bond donors (Lipinski definition) is 3. The van der Waals surface area contributed by atoms with Crippen LogP contribution in [0.25, 0.3) is 16.8 Å². The van der Waals surface area contributed by atoms with Crippen LogP contribution in [0.1, 0.15) is 36.5 Å². The first-order valence-corrected chi connectivity index (χ1v) is 10.3. The van der Waals surface area contributed by atoms with Gasteiger partial charge in [-0.05, 0) is 59.7 Å². The summed E-state index contributed by atoms with van der Waals surface area (Å²) in [6, 6.07) is 27.6. The fourth-order valence-corrected chi connectivity index (χ4v) is 3.43. The molecule has 3 N–H and O–H groups in total. The lowest BCUT2D eigenvalue weighted by atomic mass is 10.0. The van der Waals surface area contributed by atoms with E-state index in [-0.39, 0.29) is 0 Å². The zero-order chi connectivity index (χ0) is 20.3. The minimum Gasteiger partial charge on any atom is -0.313 e. The molecule has 3 nitrogen and oxygen atoms in total. The van der Waals surface area contributed by atoms with Crippen molar-refractivity contribution in [1.82, 2.24) is 10.8 Å². The van der Waals surface area contributed by atoms with Crippen molar-refractivity contribution >= 4 is 5.70 Å². The number of hydroxylamine groups is 1. The van der Waals surface area contributed by atoms with Crippen LogP contribution >= 0.6 is 0 Å². The van der Waals surface area contributed by atoms with Crippen LogP contribution in [0.5, 0.6) is 0 Å². The highest BCUT2D eigenvalue weighted by atomic mass is 16.5. The Labute approximate surface area is 174 Å². The van der Waals surface area contributed by atoms with E-state index in [4.69, 9.17) is 0 Å². The van der Waals surface area contributed by atoms with Crippen molar-refractivity contribution in [3.63, 3.8) is 0 Å². The lowest BCUT2D eigenvalue weighted by Gasteiger charge is -2.10. The van der Waals surface area contributed by atoms with E-state index in [1.54, 1.807) is 0 Å². The molecule has 0 unspecified atom stereocenters. The van der Waals surface area contributed by atoms with Crippen LogP contribution in [0, 0.1) is 0 Å². The second kappa shape index (κ2) is 11.2. The molecule has 29 heavy (non-hydrogen) atoms. The molecule has 0 amide bonds. The second-order valence-electron chi connectivity index (χ2n) is 7.18. The summed E-state index contributed by atoms with van der Waals surface area (Å²) >= 11 is 0. The summed E-state index contributed by atoms with van der Waals surface area (Å²) < 4.78 is 0. The van der Waals surface area contributed by atoms with Crippen molar-refractivity contribution in [2.45, 2.75) is 32.7 Å². The van der Waals surface area contributed by atoms with E-state index in [1.807, 2.05) is 25.1 Å². The van der Waals surface area contributed by atoms with Gasteiger partial charge in [0.15, 0.2) is 0 Å². The molecule has 0 aliphatic carbocycles. The zero-order valence-electron chi connectivity index (χ0n) is 17.1. The fraction of sp³-hybridized carbons (Fsp3) is 0.231. The van der Waals surface area contributed by atoms with Gasteiger partial charge < -0.3 is 5.32 Å². The van der Waals surface area contributed by atoms with Crippen molar-refractivity contribution in [3.05, 3.63) is 102 Å². The van der Waals surface area contributed by atoms with Crippen LogP contribution in [0.3, 0.4) is 0 Å². The molecule has 3 heteroatoms. The summed E-state index contributed by atoms with van der Waals surface area (Å²) in [5.74, 6) is 0. The standard InChI is InChI=1S/C26H30N2O/c1-2-8-26(28-29)24-16-14-23(15-17-24)25-13-6-11-22(19-25)20-27-18-7-12-21-9-4-3-5-10-21/h3-6,8-11,13-17,19,27-29H,2,7,12,18,20H2,1H3/b26-8+. The summed E-state index contributed by atoms with van der Waals surface area (Å²) in [7, 11) is 0. The molecule has 0 bridgehead atoms. The third-order valence-corrected chi connectivity index (χ3v) is 4.98. The smallest absolute Gasteiger partial charge is 0.0634 e. The summed E-state index contributed by atoms with van der Waals surface area (Å²) in [6.45, 7) is 3.93. The summed E-state index contributed by atoms with van der Waals surface area (Å²) in [4.78, 5) is 0. The van der Waals surface area contributed by atoms with Gasteiger partial charge in [-0.25, -0.2) is 0 Å². The predicted molar refractivity (Wildman–Crippen MR) is 122 cm³/mol. The lowest BCUT2D eigenvalue weighted by Crippen LogP contribution is -2.15. The van der Waals surface area contributed by atoms with E-state index in [2.05, 4.69) is 77.5 Å². The quantitative estimate of drug-likeness (QED) is 0.304. The molecule has 3 aromatic rings. The minimum absolute atomic E-state index is 0.743. The van der Waals surface area contributed by atoms with Gasteiger partial charge in [-0.15, -0.1) is 0 Å². The number of allylic oxidation sites excluding steroid dienone is 1. The number of nitrogens with one attached hydrogen (secondary N) is 2. The first-order chi connectivity index (χ1) is 14.3. The van der Waals surface area contributed by atoms with Crippen LogP contribution in [0.4, 0.5) is 0 Å². The molecule has 3 aromatic carbocycles. The van der Waals surface area contributed by atoms with E-state index in [0.29, 0.717) is 0 Å². The summed E-state index contributed by atoms with van der Waals surface area (Å²) in [6.07, 6.45) is 5.08. The third kappa shape index (κ3) is 6.31. The maximum absolute atomic E-state index is 9.29. The Balaban J connectivity index is 1.54. The molecule has 0 atom stereocenters. The van der Waals surface area contributed by atoms with Crippen molar-refractivity contribution in [1.29, 1.82) is 0 Å². The molecule has 0 saturated carbocycles. The highest BCUT2D eigenvalue weighted by Gasteiger charge is 2.03. The van der Waals surface area contributed by atoms with Gasteiger partial charge in [-0.1, -0.05) is 85.8 Å². The van der Waals surface area contributed by atoms with Gasteiger partial charge in [0.05, 0.1) is 5.70 Å². The van der Waals surface area contributed by atoms with Crippen molar-refractivity contribution in [2.24, 2.45) is 0 Å². The summed E-state index contributed by atoms with van der Waals surface area (Å²) in [5.41, 5.74) is 9.07. The fourth-order valence-electron chi connectivity index (χ4n) is 3.43. The van der Waals surface area contributed by atoms with Gasteiger partial charge in [0.2, 0.25) is 0 Å². The van der Waals surface area contributed by atoms with E-state index in [0.717, 1.165) is 43.6 Å². The minimum atomic E-state index is 0.743. The SMILES string of the molecule is CC/C=C(/NO)c1ccc(-c2cccc(CNCCCc3ccccc3)c2)cc1. The predicted octanol–water partition coefficient (Wildman–Crippen LogP) is 5.81. The van der Waals surface area contributed by atoms with Gasteiger partial charge in [-0.3, -0.25) is 10.7 Å². The molecular formula is C26H30N2O. The molecule has 0 aromatic heterocycles. The Bertz CT molecular complexity index is 902. The van der Waals surface area contributed by atoms with Gasteiger partial charge in [-0.2, -0.15) is 0 Å². The van der Waals surface area contributed by atoms with Gasteiger partial charge in [0, 0.05) is 6.54 Å². The number of hydrogen-bond acceptors (Lipinski definition) is 3. The third-order valence-electron chi connectivity index (χ3n) is 4.98. The topological polar surface area (TPSA) is 44.3 Å². The largest absolute Gasteiger partial charge is 0.313 e. The average molecular weight is 387 g/mol. The Morgan fingerprint density at radius 2 is 1.62 bits per heavy atom. The molecule has 0 aliphatic heterocycles. The Morgan fingerprint density at radius 1 is 0.862 bits per heavy atom. The number of benzene rings is 3. The van der Waals surface area contributed by atoms with Crippen LogP contribution < -0.4 is 10.8 Å². The van der Waals surface area contributed by atoms with E-state index < -0.39 is 0 Å². The second-order valence-corrected chi connectivity index (χ2v) is 7.18. The number of rotatable bonds is 10. The Kier molecular flexibility index (Phi) is 8.05. The van der Waals surface area contributed by atoms with E-state index in [9.17, 15) is 5.21 Å². The average Bonchev–Trinajstić information content (AvgIpc) is 2.78. The van der Waals surface area contributed by atoms with Crippen LogP contribution in [-0.2, 0) is 13.0 Å². The van der Waals surface area contributed by atoms with Crippen LogP contribution in [-0.4, -0.2) is 11.8 Å². The maximum Gasteiger partial charge on any atom is 0.0634 e. The first-order valence-electron chi connectivity index (χ1n) is 10.3. The Hall–Kier alpha value is -2.88. The molecule has 0 fully saturated rings. The van der Waals surface area contributed by atoms with Crippen molar-refractivity contribution in [3.8, 4) is 11.1 Å². The molecule has 0 saturated heterocycles. The lowest BCUT2D eigenvalue weighted by molar-refractivity contribution is 0.224. The molecule has 0 aliphatic rings. The van der Waals surface area contributed by atoms with Gasteiger partial charge in [0.25, 0.3) is 0 Å². The molecule has 0 spiro atoms. The molecular weight excluding hydrogens is 356 g/mol. The summed E-state index contributed by atoms with van der Waals surface area (Å²) in [5, 5.41) is 12.8. The number of aryl methyl sites for hydroxylation is 1. The zero-order valence-corrected chi connectivity index (χ0v) is 17.1. The van der Waals surface area contributed by atoms with Gasteiger partial charge in [0.1, 0.15) is 0 Å².